The Bertz CT molecular complexity index is 723. The molecule has 3 rings (SSSR count). The van der Waals surface area contributed by atoms with Gasteiger partial charge < -0.3 is 10.1 Å². The van der Waals surface area contributed by atoms with Gasteiger partial charge in [0.15, 0.2) is 0 Å². The summed E-state index contributed by atoms with van der Waals surface area (Å²) in [6.45, 7) is 6.60. The van der Waals surface area contributed by atoms with E-state index < -0.39 is 0 Å². The van der Waals surface area contributed by atoms with Crippen molar-refractivity contribution in [2.45, 2.75) is 39.5 Å². The molecule has 0 atom stereocenters. The maximum Gasteiger partial charge on any atom is 0.261 e. The van der Waals surface area contributed by atoms with Gasteiger partial charge in [-0.2, -0.15) is 0 Å². The third kappa shape index (κ3) is 4.56. The summed E-state index contributed by atoms with van der Waals surface area (Å²) < 4.78 is 5.36. The number of carbonyl (C=O) groups excluding carboxylic acids is 3. The summed E-state index contributed by atoms with van der Waals surface area (Å²) in [7, 11) is 0. The Morgan fingerprint density at radius 2 is 1.89 bits per heavy atom. The number of carbonyl (C=O) groups is 3. The fraction of sp³-hybridized carbons (Fsp3) is 0.571. The van der Waals surface area contributed by atoms with E-state index in [0.717, 1.165) is 38.9 Å². The van der Waals surface area contributed by atoms with Crippen LogP contribution in [0.1, 0.15) is 70.6 Å². The summed E-state index contributed by atoms with van der Waals surface area (Å²) in [5.74, 6) is 0.106. The van der Waals surface area contributed by atoms with Crippen molar-refractivity contribution in [3.63, 3.8) is 0 Å². The third-order valence-electron chi connectivity index (χ3n) is 5.20. The number of nitrogens with zero attached hydrogens (tertiary/aromatic N) is 1. The molecule has 0 bridgehead atoms. The molecule has 1 aromatic carbocycles. The molecule has 3 amide bonds. The van der Waals surface area contributed by atoms with Crippen molar-refractivity contribution in [3.05, 3.63) is 34.9 Å². The lowest BCUT2D eigenvalue weighted by Crippen LogP contribution is -2.33. The average molecular weight is 372 g/mol. The van der Waals surface area contributed by atoms with Gasteiger partial charge in [-0.15, -0.1) is 0 Å². The topological polar surface area (TPSA) is 75.7 Å². The van der Waals surface area contributed by atoms with Crippen LogP contribution in [0.5, 0.6) is 0 Å². The average Bonchev–Trinajstić information content (AvgIpc) is 2.90. The minimum absolute atomic E-state index is 0.200. The zero-order chi connectivity index (χ0) is 19.4. The number of hydrogen-bond donors (Lipinski definition) is 1. The Hall–Kier alpha value is -2.21. The van der Waals surface area contributed by atoms with E-state index in [1.165, 1.54) is 4.90 Å². The second-order valence-corrected chi connectivity index (χ2v) is 7.83. The van der Waals surface area contributed by atoms with E-state index in [4.69, 9.17) is 4.74 Å². The maximum absolute atomic E-state index is 12.5. The van der Waals surface area contributed by atoms with Gasteiger partial charge in [0.05, 0.1) is 11.1 Å². The predicted molar refractivity (Wildman–Crippen MR) is 102 cm³/mol. The van der Waals surface area contributed by atoms with Gasteiger partial charge in [-0.05, 0) is 55.7 Å². The Labute approximate surface area is 160 Å². The van der Waals surface area contributed by atoms with Crippen LogP contribution in [0.4, 0.5) is 0 Å². The van der Waals surface area contributed by atoms with Crippen molar-refractivity contribution < 1.29 is 19.1 Å². The second-order valence-electron chi connectivity index (χ2n) is 7.83. The zero-order valence-electron chi connectivity index (χ0n) is 16.1. The van der Waals surface area contributed by atoms with E-state index in [2.05, 4.69) is 5.32 Å². The molecule has 1 saturated heterocycles. The van der Waals surface area contributed by atoms with Gasteiger partial charge >= 0.3 is 0 Å². The van der Waals surface area contributed by atoms with E-state index in [0.29, 0.717) is 35.7 Å². The molecule has 0 saturated carbocycles. The van der Waals surface area contributed by atoms with Gasteiger partial charge in [-0.25, -0.2) is 0 Å². The fourth-order valence-electron chi connectivity index (χ4n) is 3.69. The van der Waals surface area contributed by atoms with Crippen LogP contribution in [0.25, 0.3) is 0 Å². The second kappa shape index (κ2) is 8.65. The number of nitrogens with one attached hydrogen (secondary N) is 1. The van der Waals surface area contributed by atoms with Crippen molar-refractivity contribution in [3.8, 4) is 0 Å². The minimum Gasteiger partial charge on any atom is -0.381 e. The third-order valence-corrected chi connectivity index (χ3v) is 5.20. The van der Waals surface area contributed by atoms with E-state index in [1.807, 2.05) is 13.8 Å². The first-order chi connectivity index (χ1) is 13.0. The Morgan fingerprint density at radius 1 is 1.19 bits per heavy atom. The Balaban J connectivity index is 1.55. The van der Waals surface area contributed by atoms with E-state index in [9.17, 15) is 14.4 Å². The molecule has 146 valence electrons. The molecule has 2 heterocycles. The lowest BCUT2D eigenvalue weighted by atomic mass is 9.95. The molecule has 1 aromatic rings. The summed E-state index contributed by atoms with van der Waals surface area (Å²) in [6, 6.07) is 4.76. The van der Waals surface area contributed by atoms with Gasteiger partial charge in [-0.3, -0.25) is 19.3 Å². The fourth-order valence-corrected chi connectivity index (χ4v) is 3.69. The molecule has 2 aliphatic rings. The van der Waals surface area contributed by atoms with E-state index >= 15 is 0 Å². The minimum atomic E-state index is -0.308. The normalized spacial score (nSPS) is 17.5. The number of imide groups is 1. The number of hydrogen-bond acceptors (Lipinski definition) is 4. The SMILES string of the molecule is CC(C)CN1C(=O)c2ccc(C(=O)NCCCC3CCOCC3)cc2C1=O. The van der Waals surface area contributed by atoms with Crippen LogP contribution >= 0.6 is 0 Å². The molecule has 27 heavy (non-hydrogen) atoms. The number of benzene rings is 1. The van der Waals surface area contributed by atoms with E-state index in [-0.39, 0.29) is 23.6 Å². The monoisotopic (exact) mass is 372 g/mol. The first kappa shape index (κ1) is 19.5. The Morgan fingerprint density at radius 3 is 2.59 bits per heavy atom. The number of ether oxygens (including phenoxy) is 1. The highest BCUT2D eigenvalue weighted by molar-refractivity contribution is 6.22. The zero-order valence-corrected chi connectivity index (χ0v) is 16.1. The van der Waals surface area contributed by atoms with E-state index in [1.54, 1.807) is 18.2 Å². The largest absolute Gasteiger partial charge is 0.381 e. The molecule has 0 radical (unpaired) electrons. The van der Waals surface area contributed by atoms with Gasteiger partial charge in [0.1, 0.15) is 0 Å². The number of amides is 3. The summed E-state index contributed by atoms with van der Waals surface area (Å²) in [5.41, 5.74) is 1.14. The van der Waals surface area contributed by atoms with Crippen LogP contribution in [-0.2, 0) is 4.74 Å². The smallest absolute Gasteiger partial charge is 0.261 e. The molecule has 1 N–H and O–H groups in total. The number of fused-ring (bicyclic) bond motifs is 1. The quantitative estimate of drug-likeness (QED) is 0.590. The van der Waals surface area contributed by atoms with Crippen molar-refractivity contribution in [2.75, 3.05) is 26.3 Å². The standard InChI is InChI=1S/C21H28N2O4/c1-14(2)13-23-20(25)17-6-5-16(12-18(17)21(23)26)19(24)22-9-3-4-15-7-10-27-11-8-15/h5-6,12,14-15H,3-4,7-11,13H2,1-2H3,(H,22,24). The van der Waals surface area contributed by atoms with Gasteiger partial charge in [0.25, 0.3) is 17.7 Å². The van der Waals surface area contributed by atoms with Gasteiger partial charge in [0, 0.05) is 31.9 Å². The molecule has 0 spiro atoms. The first-order valence-electron chi connectivity index (χ1n) is 9.83. The van der Waals surface area contributed by atoms with Crippen molar-refractivity contribution in [1.82, 2.24) is 10.2 Å². The highest BCUT2D eigenvalue weighted by Gasteiger charge is 2.36. The molecule has 1 fully saturated rings. The van der Waals surface area contributed by atoms with Gasteiger partial charge in [-0.1, -0.05) is 13.8 Å². The summed E-state index contributed by atoms with van der Waals surface area (Å²) >= 11 is 0. The maximum atomic E-state index is 12.5. The molecule has 0 aliphatic carbocycles. The van der Waals surface area contributed by atoms with Crippen LogP contribution in [0.3, 0.4) is 0 Å². The molecule has 2 aliphatic heterocycles. The molecular formula is C21H28N2O4. The van der Waals surface area contributed by atoms with Gasteiger partial charge in [0.2, 0.25) is 0 Å². The summed E-state index contributed by atoms with van der Waals surface area (Å²) in [6.07, 6.45) is 4.22. The summed E-state index contributed by atoms with van der Waals surface area (Å²) in [4.78, 5) is 38.6. The van der Waals surface area contributed by atoms with Crippen LogP contribution < -0.4 is 5.32 Å². The van der Waals surface area contributed by atoms with Crippen LogP contribution in [0.2, 0.25) is 0 Å². The Kier molecular flexibility index (Phi) is 6.26. The van der Waals surface area contributed by atoms with Crippen molar-refractivity contribution in [2.24, 2.45) is 11.8 Å². The lowest BCUT2D eigenvalue weighted by Gasteiger charge is -2.21. The number of rotatable bonds is 7. The van der Waals surface area contributed by atoms with Crippen LogP contribution in [0.15, 0.2) is 18.2 Å². The summed E-state index contributed by atoms with van der Waals surface area (Å²) in [5, 5.41) is 2.92. The predicted octanol–water partition coefficient (Wildman–Crippen LogP) is 2.88. The lowest BCUT2D eigenvalue weighted by molar-refractivity contribution is 0.0630. The molecule has 0 aromatic heterocycles. The highest BCUT2D eigenvalue weighted by atomic mass is 16.5. The highest BCUT2D eigenvalue weighted by Crippen LogP contribution is 2.25. The van der Waals surface area contributed by atoms with Crippen molar-refractivity contribution in [1.29, 1.82) is 0 Å². The first-order valence-corrected chi connectivity index (χ1v) is 9.83. The molecule has 0 unspecified atom stereocenters. The van der Waals surface area contributed by atoms with Crippen LogP contribution in [0, 0.1) is 11.8 Å². The molecule has 6 nitrogen and oxygen atoms in total. The molecule has 6 heteroatoms. The van der Waals surface area contributed by atoms with Crippen LogP contribution in [-0.4, -0.2) is 48.9 Å². The van der Waals surface area contributed by atoms with Crippen molar-refractivity contribution >= 4 is 17.7 Å². The molecular weight excluding hydrogens is 344 g/mol.